The van der Waals surface area contributed by atoms with E-state index in [4.69, 9.17) is 5.73 Å². The van der Waals surface area contributed by atoms with E-state index in [1.54, 1.807) is 4.90 Å². The number of hydrogen-bond acceptors (Lipinski definition) is 3. The van der Waals surface area contributed by atoms with Gasteiger partial charge in [0.1, 0.15) is 0 Å². The van der Waals surface area contributed by atoms with E-state index in [0.717, 1.165) is 11.1 Å². The summed E-state index contributed by atoms with van der Waals surface area (Å²) in [7, 11) is 0. The first kappa shape index (κ1) is 13.1. The van der Waals surface area contributed by atoms with Crippen molar-refractivity contribution < 1.29 is 14.7 Å². The van der Waals surface area contributed by atoms with E-state index in [2.05, 4.69) is 0 Å². The number of fused-ring (bicyclic) bond motifs is 1. The van der Waals surface area contributed by atoms with Crippen molar-refractivity contribution >= 4 is 11.8 Å². The highest BCUT2D eigenvalue weighted by Gasteiger charge is 2.46. The first-order valence-corrected chi connectivity index (χ1v) is 6.87. The minimum atomic E-state index is -1.36. The van der Waals surface area contributed by atoms with Crippen molar-refractivity contribution in [3.8, 4) is 0 Å². The molecule has 1 aromatic carbocycles. The maximum atomic E-state index is 12.5. The summed E-state index contributed by atoms with van der Waals surface area (Å²) in [6, 6.07) is 7.70. The van der Waals surface area contributed by atoms with Gasteiger partial charge < -0.3 is 15.7 Å². The van der Waals surface area contributed by atoms with Crippen LogP contribution in [0.15, 0.2) is 24.3 Å². The fourth-order valence-electron chi connectivity index (χ4n) is 3.22. The van der Waals surface area contributed by atoms with Crippen LogP contribution in [-0.2, 0) is 22.4 Å². The number of nitrogens with two attached hydrogens (primary N) is 1. The summed E-state index contributed by atoms with van der Waals surface area (Å²) in [4.78, 5) is 25.3. The molecule has 1 aliphatic heterocycles. The Morgan fingerprint density at radius 3 is 2.35 bits per heavy atom. The molecule has 1 unspecified atom stereocenters. The largest absolute Gasteiger partial charge is 0.379 e. The van der Waals surface area contributed by atoms with Crippen molar-refractivity contribution in [1.82, 2.24) is 4.90 Å². The Bertz CT molecular complexity index is 545. The lowest BCUT2D eigenvalue weighted by molar-refractivity contribution is -0.149. The number of aliphatic hydroxyl groups is 1. The fraction of sp³-hybridized carbons (Fsp3) is 0.467. The molecule has 0 radical (unpaired) electrons. The van der Waals surface area contributed by atoms with Crippen LogP contribution in [0, 0.1) is 5.92 Å². The summed E-state index contributed by atoms with van der Waals surface area (Å²) < 4.78 is 0. The van der Waals surface area contributed by atoms with Crippen molar-refractivity contribution in [3.05, 3.63) is 35.4 Å². The average Bonchev–Trinajstić information content (AvgIpc) is 3.01. The minimum absolute atomic E-state index is 0.280. The molecular weight excluding hydrogens is 256 g/mol. The molecule has 20 heavy (non-hydrogen) atoms. The standard InChI is InChI=1S/C15H18N2O3/c16-13(18)12-5-6-17(9-12)14(19)15(20)7-10-3-1-2-4-11(10)8-15/h1-4,12,20H,5-9H2,(H2,16,18). The molecule has 2 aliphatic rings. The van der Waals surface area contributed by atoms with Gasteiger partial charge in [-0.05, 0) is 17.5 Å². The van der Waals surface area contributed by atoms with Crippen molar-refractivity contribution in [2.45, 2.75) is 24.9 Å². The molecule has 5 heteroatoms. The van der Waals surface area contributed by atoms with Gasteiger partial charge in [-0.3, -0.25) is 9.59 Å². The first-order valence-electron chi connectivity index (χ1n) is 6.87. The molecule has 3 rings (SSSR count). The van der Waals surface area contributed by atoms with E-state index in [0.29, 0.717) is 32.4 Å². The Labute approximate surface area is 117 Å². The molecular formula is C15H18N2O3. The van der Waals surface area contributed by atoms with Gasteiger partial charge in [0, 0.05) is 25.9 Å². The number of nitrogens with zero attached hydrogens (tertiary/aromatic N) is 1. The van der Waals surface area contributed by atoms with Gasteiger partial charge in [-0.1, -0.05) is 24.3 Å². The van der Waals surface area contributed by atoms with Crippen LogP contribution in [0.2, 0.25) is 0 Å². The van der Waals surface area contributed by atoms with Crippen LogP contribution >= 0.6 is 0 Å². The van der Waals surface area contributed by atoms with Crippen LogP contribution in [0.1, 0.15) is 17.5 Å². The van der Waals surface area contributed by atoms with Crippen molar-refractivity contribution in [2.24, 2.45) is 11.7 Å². The van der Waals surface area contributed by atoms with Crippen LogP contribution in [0.25, 0.3) is 0 Å². The second-order valence-electron chi connectivity index (χ2n) is 5.79. The van der Waals surface area contributed by atoms with E-state index >= 15 is 0 Å². The molecule has 1 aromatic rings. The molecule has 5 nitrogen and oxygen atoms in total. The number of benzene rings is 1. The Hall–Kier alpha value is -1.88. The summed E-state index contributed by atoms with van der Waals surface area (Å²) in [5.41, 5.74) is 5.96. The van der Waals surface area contributed by atoms with Gasteiger partial charge in [-0.2, -0.15) is 0 Å². The smallest absolute Gasteiger partial charge is 0.255 e. The highest BCUT2D eigenvalue weighted by Crippen LogP contribution is 2.32. The van der Waals surface area contributed by atoms with Crippen molar-refractivity contribution in [1.29, 1.82) is 0 Å². The third-order valence-corrected chi connectivity index (χ3v) is 4.36. The number of carbonyl (C=O) groups excluding carboxylic acids is 2. The summed E-state index contributed by atoms with van der Waals surface area (Å²) in [5.74, 6) is -0.939. The van der Waals surface area contributed by atoms with Gasteiger partial charge in [0.2, 0.25) is 5.91 Å². The maximum Gasteiger partial charge on any atom is 0.255 e. The third kappa shape index (κ3) is 2.08. The quantitative estimate of drug-likeness (QED) is 0.786. The summed E-state index contributed by atoms with van der Waals surface area (Å²) >= 11 is 0. The number of primary amides is 1. The number of likely N-dealkylation sites (tertiary alicyclic amines) is 1. The molecule has 106 valence electrons. The molecule has 0 spiro atoms. The summed E-state index contributed by atoms with van der Waals surface area (Å²) in [6.45, 7) is 0.817. The molecule has 1 aliphatic carbocycles. The lowest BCUT2D eigenvalue weighted by Crippen LogP contribution is -2.49. The normalized spacial score (nSPS) is 23.6. The Morgan fingerprint density at radius 2 is 1.85 bits per heavy atom. The van der Waals surface area contributed by atoms with Crippen LogP contribution in [0.5, 0.6) is 0 Å². The highest BCUT2D eigenvalue weighted by atomic mass is 16.3. The number of rotatable bonds is 2. The monoisotopic (exact) mass is 274 g/mol. The van der Waals surface area contributed by atoms with E-state index in [1.165, 1.54) is 0 Å². The zero-order valence-corrected chi connectivity index (χ0v) is 11.2. The molecule has 0 bridgehead atoms. The van der Waals surface area contributed by atoms with Gasteiger partial charge in [-0.25, -0.2) is 0 Å². The van der Waals surface area contributed by atoms with Crippen molar-refractivity contribution in [2.75, 3.05) is 13.1 Å². The van der Waals surface area contributed by atoms with E-state index in [1.807, 2.05) is 24.3 Å². The number of amides is 2. The van der Waals surface area contributed by atoms with Crippen LogP contribution < -0.4 is 5.73 Å². The Morgan fingerprint density at radius 1 is 1.25 bits per heavy atom. The van der Waals surface area contributed by atoms with E-state index in [-0.39, 0.29) is 17.7 Å². The average molecular weight is 274 g/mol. The molecule has 1 saturated heterocycles. The second kappa shape index (κ2) is 4.59. The van der Waals surface area contributed by atoms with Gasteiger partial charge in [0.25, 0.3) is 5.91 Å². The van der Waals surface area contributed by atoms with Crippen LogP contribution in [-0.4, -0.2) is 40.5 Å². The third-order valence-electron chi connectivity index (χ3n) is 4.36. The summed E-state index contributed by atoms with van der Waals surface area (Å²) in [6.07, 6.45) is 1.28. The van der Waals surface area contributed by atoms with Crippen LogP contribution in [0.3, 0.4) is 0 Å². The Balaban J connectivity index is 1.75. The minimum Gasteiger partial charge on any atom is -0.379 e. The van der Waals surface area contributed by atoms with E-state index in [9.17, 15) is 14.7 Å². The first-order chi connectivity index (χ1) is 9.49. The Kier molecular flexibility index (Phi) is 3.01. The molecule has 1 heterocycles. The van der Waals surface area contributed by atoms with Gasteiger partial charge in [-0.15, -0.1) is 0 Å². The topological polar surface area (TPSA) is 83.6 Å². The predicted molar refractivity (Wildman–Crippen MR) is 72.7 cm³/mol. The lowest BCUT2D eigenvalue weighted by Gasteiger charge is -2.27. The van der Waals surface area contributed by atoms with Gasteiger partial charge in [0.15, 0.2) is 5.60 Å². The molecule has 3 N–H and O–H groups in total. The zero-order valence-electron chi connectivity index (χ0n) is 11.2. The summed E-state index contributed by atoms with van der Waals surface area (Å²) in [5, 5.41) is 10.7. The molecule has 0 saturated carbocycles. The number of carbonyl (C=O) groups is 2. The molecule has 1 atom stereocenters. The zero-order chi connectivity index (χ0) is 14.3. The van der Waals surface area contributed by atoms with Crippen molar-refractivity contribution in [3.63, 3.8) is 0 Å². The van der Waals surface area contributed by atoms with Crippen LogP contribution in [0.4, 0.5) is 0 Å². The predicted octanol–water partition coefficient (Wildman–Crippen LogP) is -0.150. The lowest BCUT2D eigenvalue weighted by atomic mass is 9.98. The van der Waals surface area contributed by atoms with Gasteiger partial charge >= 0.3 is 0 Å². The second-order valence-corrected chi connectivity index (χ2v) is 5.79. The maximum absolute atomic E-state index is 12.5. The molecule has 1 fully saturated rings. The molecule has 0 aromatic heterocycles. The van der Waals surface area contributed by atoms with E-state index < -0.39 is 5.60 Å². The van der Waals surface area contributed by atoms with Gasteiger partial charge in [0.05, 0.1) is 5.92 Å². The highest BCUT2D eigenvalue weighted by molar-refractivity contribution is 5.88. The SMILES string of the molecule is NC(=O)C1CCN(C(=O)C2(O)Cc3ccccc3C2)C1. The molecule has 2 amide bonds. The fourth-order valence-corrected chi connectivity index (χ4v) is 3.22. The number of hydrogen-bond donors (Lipinski definition) is 2.